The first-order valence-corrected chi connectivity index (χ1v) is 14.4. The second-order valence-electron chi connectivity index (χ2n) is 11.3. The Morgan fingerprint density at radius 3 is 2.26 bits per heavy atom. The van der Waals surface area contributed by atoms with Crippen LogP contribution in [-0.4, -0.2) is 31.8 Å². The maximum absolute atomic E-state index is 11.7. The van der Waals surface area contributed by atoms with E-state index >= 15 is 0 Å². The summed E-state index contributed by atoms with van der Waals surface area (Å²) in [5, 5.41) is 9.57. The van der Waals surface area contributed by atoms with Crippen LogP contribution in [0.5, 0.6) is 5.75 Å². The minimum Gasteiger partial charge on any atom is -0.497 e. The van der Waals surface area contributed by atoms with Crippen LogP contribution in [0, 0.1) is 0 Å². The lowest BCUT2D eigenvalue weighted by Gasteiger charge is -2.35. The molecular weight excluding hydrogens is 484 g/mol. The number of rotatable bonds is 10. The van der Waals surface area contributed by atoms with Gasteiger partial charge in [-0.3, -0.25) is 0 Å². The van der Waals surface area contributed by atoms with E-state index < -0.39 is 5.97 Å². The number of carboxylic acid groups (broad SMARTS) is 1. The first-order chi connectivity index (χ1) is 18.7. The van der Waals surface area contributed by atoms with Crippen molar-refractivity contribution in [1.82, 2.24) is 0 Å². The second-order valence-corrected chi connectivity index (χ2v) is 11.3. The van der Waals surface area contributed by atoms with Gasteiger partial charge in [-0.15, -0.1) is 0 Å². The first kappa shape index (κ1) is 28.5. The van der Waals surface area contributed by atoms with Crippen LogP contribution in [0.2, 0.25) is 0 Å². The van der Waals surface area contributed by atoms with E-state index in [0.717, 1.165) is 48.5 Å². The van der Waals surface area contributed by atoms with Crippen molar-refractivity contribution in [2.75, 3.05) is 30.5 Å². The van der Waals surface area contributed by atoms with Crippen LogP contribution in [0.4, 0.5) is 17.1 Å². The zero-order chi connectivity index (χ0) is 28.3. The third-order valence-electron chi connectivity index (χ3n) is 8.28. The van der Waals surface area contributed by atoms with E-state index in [9.17, 15) is 9.90 Å². The highest BCUT2D eigenvalue weighted by atomic mass is 16.5. The van der Waals surface area contributed by atoms with Crippen molar-refractivity contribution >= 4 is 23.0 Å². The number of benzene rings is 3. The Morgan fingerprint density at radius 2 is 1.67 bits per heavy atom. The Bertz CT molecular complexity index is 1310. The van der Waals surface area contributed by atoms with Crippen LogP contribution >= 0.6 is 0 Å². The summed E-state index contributed by atoms with van der Waals surface area (Å²) in [5.41, 5.74) is 8.93. The number of hydrogen-bond acceptors (Lipinski definition) is 4. The molecule has 0 amide bonds. The van der Waals surface area contributed by atoms with Gasteiger partial charge in [-0.1, -0.05) is 65.7 Å². The molecule has 1 heterocycles. The van der Waals surface area contributed by atoms with Crippen LogP contribution in [0.3, 0.4) is 0 Å². The molecule has 1 unspecified atom stereocenters. The van der Waals surface area contributed by atoms with Gasteiger partial charge in [0.15, 0.2) is 0 Å². The highest BCUT2D eigenvalue weighted by Crippen LogP contribution is 2.50. The molecule has 208 valence electrons. The molecule has 1 atom stereocenters. The Hall–Kier alpha value is -3.47. The number of aromatic carboxylic acids is 1. The molecule has 0 fully saturated rings. The number of aryl methyl sites for hydroxylation is 1. The Balaban J connectivity index is 2.05. The van der Waals surface area contributed by atoms with Crippen molar-refractivity contribution < 1.29 is 14.6 Å². The third-order valence-corrected chi connectivity index (χ3v) is 8.28. The molecule has 1 N–H and O–H groups in total. The summed E-state index contributed by atoms with van der Waals surface area (Å²) in [7, 11) is 3.87. The van der Waals surface area contributed by atoms with Gasteiger partial charge in [-0.2, -0.15) is 0 Å². The van der Waals surface area contributed by atoms with Gasteiger partial charge in [0.2, 0.25) is 0 Å². The molecule has 0 aliphatic carbocycles. The zero-order valence-corrected chi connectivity index (χ0v) is 24.7. The fourth-order valence-corrected chi connectivity index (χ4v) is 6.07. The number of fused-ring (bicyclic) bond motifs is 2. The fraction of sp³-hybridized carbons (Fsp3) is 0.441. The fourth-order valence-electron chi connectivity index (χ4n) is 6.07. The van der Waals surface area contributed by atoms with Gasteiger partial charge in [0, 0.05) is 30.9 Å². The quantitative estimate of drug-likeness (QED) is 0.286. The summed E-state index contributed by atoms with van der Waals surface area (Å²) in [6.45, 7) is 12.3. The maximum Gasteiger partial charge on any atom is 0.335 e. The van der Waals surface area contributed by atoms with Crippen LogP contribution < -0.4 is 14.5 Å². The van der Waals surface area contributed by atoms with Crippen LogP contribution in [0.25, 0.3) is 0 Å². The van der Waals surface area contributed by atoms with Crippen molar-refractivity contribution in [1.29, 1.82) is 0 Å². The van der Waals surface area contributed by atoms with Crippen molar-refractivity contribution in [3.8, 4) is 5.75 Å². The lowest BCUT2D eigenvalue weighted by molar-refractivity contribution is 0.0697. The lowest BCUT2D eigenvalue weighted by atomic mass is 9.75. The molecule has 5 heteroatoms. The third kappa shape index (κ3) is 5.50. The largest absolute Gasteiger partial charge is 0.497 e. The molecule has 0 radical (unpaired) electrons. The van der Waals surface area contributed by atoms with Crippen LogP contribution in [-0.2, 0) is 11.8 Å². The minimum atomic E-state index is -0.907. The monoisotopic (exact) mass is 528 g/mol. The highest BCUT2D eigenvalue weighted by Gasteiger charge is 2.35. The van der Waals surface area contributed by atoms with Gasteiger partial charge in [-0.25, -0.2) is 4.79 Å². The first-order valence-electron chi connectivity index (χ1n) is 14.4. The zero-order valence-electron chi connectivity index (χ0n) is 24.7. The highest BCUT2D eigenvalue weighted by molar-refractivity contribution is 5.88. The van der Waals surface area contributed by atoms with E-state index in [2.05, 4.69) is 75.7 Å². The standard InChI is InChI=1S/C34H44N2O3/c1-8-11-18-34(4,5)28-22-27-30(20-23(28)10-3)35(6)29-17-16-26(39-7)21-31(29)36(19-9-2)32(27)24-12-14-25(15-13-24)33(37)38/h12-17,20-22,32H,8-11,18-19H2,1-7H3,(H,37,38). The smallest absolute Gasteiger partial charge is 0.335 e. The number of carboxylic acids is 1. The Morgan fingerprint density at radius 1 is 0.949 bits per heavy atom. The molecule has 0 saturated carbocycles. The van der Waals surface area contributed by atoms with E-state index in [1.807, 2.05) is 18.2 Å². The number of hydrogen-bond donors (Lipinski definition) is 1. The van der Waals surface area contributed by atoms with Crippen molar-refractivity contribution in [2.45, 2.75) is 78.2 Å². The van der Waals surface area contributed by atoms with Crippen LogP contribution in [0.15, 0.2) is 54.6 Å². The van der Waals surface area contributed by atoms with E-state index in [4.69, 9.17) is 4.74 Å². The molecule has 0 bridgehead atoms. The van der Waals surface area contributed by atoms with E-state index in [1.165, 1.54) is 35.2 Å². The second kappa shape index (κ2) is 11.7. The molecule has 0 saturated heterocycles. The van der Waals surface area contributed by atoms with E-state index in [0.29, 0.717) is 5.56 Å². The summed E-state index contributed by atoms with van der Waals surface area (Å²) in [5.74, 6) is -0.0830. The van der Waals surface area contributed by atoms with Gasteiger partial charge in [0.1, 0.15) is 5.75 Å². The van der Waals surface area contributed by atoms with E-state index in [1.54, 1.807) is 19.2 Å². The topological polar surface area (TPSA) is 53.0 Å². The summed E-state index contributed by atoms with van der Waals surface area (Å²) in [4.78, 5) is 16.5. The lowest BCUT2D eigenvalue weighted by Crippen LogP contribution is -2.30. The number of methoxy groups -OCH3 is 1. The van der Waals surface area contributed by atoms with Crippen molar-refractivity contribution in [2.24, 2.45) is 0 Å². The Kier molecular flexibility index (Phi) is 8.58. The van der Waals surface area contributed by atoms with Gasteiger partial charge < -0.3 is 19.6 Å². The normalized spacial score (nSPS) is 15.0. The molecule has 4 rings (SSSR count). The maximum atomic E-state index is 11.7. The Labute approximate surface area is 234 Å². The molecule has 1 aliphatic rings. The van der Waals surface area contributed by atoms with Gasteiger partial charge in [0.25, 0.3) is 0 Å². The number of carbonyl (C=O) groups is 1. The number of unbranched alkanes of at least 4 members (excludes halogenated alkanes) is 1. The molecule has 5 nitrogen and oxygen atoms in total. The average molecular weight is 529 g/mol. The predicted molar refractivity (Wildman–Crippen MR) is 162 cm³/mol. The average Bonchev–Trinajstić information content (AvgIpc) is 3.03. The number of anilines is 3. The van der Waals surface area contributed by atoms with Gasteiger partial charge >= 0.3 is 5.97 Å². The van der Waals surface area contributed by atoms with Gasteiger partial charge in [-0.05, 0) is 71.7 Å². The molecule has 0 aromatic heterocycles. The van der Waals surface area contributed by atoms with Crippen molar-refractivity contribution in [3.05, 3.63) is 82.4 Å². The molecule has 3 aromatic carbocycles. The van der Waals surface area contributed by atoms with Crippen molar-refractivity contribution in [3.63, 3.8) is 0 Å². The van der Waals surface area contributed by atoms with Gasteiger partial charge in [0.05, 0.1) is 30.1 Å². The summed E-state index contributed by atoms with van der Waals surface area (Å²) < 4.78 is 5.67. The number of ether oxygens (including phenoxy) is 1. The molecule has 3 aromatic rings. The summed E-state index contributed by atoms with van der Waals surface area (Å²) in [6, 6.07) is 18.5. The molecule has 1 aliphatic heterocycles. The molecule has 39 heavy (non-hydrogen) atoms. The predicted octanol–water partition coefficient (Wildman–Crippen LogP) is 8.51. The molecular formula is C34H44N2O3. The SMILES string of the molecule is CCCCC(C)(C)c1cc2c(cc1CC)N(C)c1ccc(OC)cc1N(CCC)C2c1ccc(C(=O)O)cc1. The van der Waals surface area contributed by atoms with Crippen LogP contribution in [0.1, 0.15) is 99.0 Å². The minimum absolute atomic E-state index is 0.0463. The summed E-state index contributed by atoms with van der Waals surface area (Å²) in [6.07, 6.45) is 5.46. The summed E-state index contributed by atoms with van der Waals surface area (Å²) >= 11 is 0. The molecule has 0 spiro atoms. The van der Waals surface area contributed by atoms with E-state index in [-0.39, 0.29) is 11.5 Å². The number of nitrogens with zero attached hydrogens (tertiary/aromatic N) is 2.